The van der Waals surface area contributed by atoms with Gasteiger partial charge in [-0.25, -0.2) is 4.39 Å². The largest absolute Gasteiger partial charge is 0.480 e. The van der Waals surface area contributed by atoms with Crippen LogP contribution in [0.4, 0.5) is 4.39 Å². The van der Waals surface area contributed by atoms with Gasteiger partial charge < -0.3 is 10.0 Å². The molecule has 0 unspecified atom stereocenters. The van der Waals surface area contributed by atoms with Crippen molar-refractivity contribution >= 4 is 43.2 Å². The van der Waals surface area contributed by atoms with Gasteiger partial charge in [-0.3, -0.25) is 14.4 Å². The number of aryl methyl sites for hydroxylation is 2. The Labute approximate surface area is 276 Å². The summed E-state index contributed by atoms with van der Waals surface area (Å²) in [6, 6.07) is 7.09. The number of hydrogen-bond acceptors (Lipinski definition) is 4. The number of likely N-dealkylation sites (tertiary alicyclic amines) is 1. The van der Waals surface area contributed by atoms with Crippen LogP contribution in [0.25, 0.3) is 0 Å². The Morgan fingerprint density at radius 3 is 2.35 bits per heavy atom. The first-order valence-electron chi connectivity index (χ1n) is 15.6. The van der Waals surface area contributed by atoms with Gasteiger partial charge in [0.1, 0.15) is 11.9 Å². The highest BCUT2D eigenvalue weighted by molar-refractivity contribution is 5.86. The van der Waals surface area contributed by atoms with Gasteiger partial charge in [-0.05, 0) is 120 Å². The average molecular weight is 662 g/mol. The number of likely N-dealkylation sites (N-methyl/N-ethyl adjacent to an activating group) is 1. The maximum absolute atomic E-state index is 14.4. The van der Waals surface area contributed by atoms with Crippen LogP contribution in [0.1, 0.15) is 95.2 Å². The van der Waals surface area contributed by atoms with E-state index in [9.17, 15) is 14.3 Å². The van der Waals surface area contributed by atoms with E-state index in [2.05, 4.69) is 41.3 Å². The molecule has 43 heavy (non-hydrogen) atoms. The number of piperidine rings is 1. The number of nitrogens with zero attached hydrogens (tertiary/aromatic N) is 4. The third-order valence-corrected chi connectivity index (χ3v) is 10.8. The minimum Gasteiger partial charge on any atom is -0.480 e. The molecule has 0 radical (unpaired) electrons. The summed E-state index contributed by atoms with van der Waals surface area (Å²) >= 11 is 0. The monoisotopic (exact) mass is 660 g/mol. The number of carbonyl (C=O) groups is 1. The molecule has 0 amide bonds. The highest BCUT2D eigenvalue weighted by atomic mass is 35.5. The molecular formula is C33H52Cl3FN4O2. The van der Waals surface area contributed by atoms with Crippen LogP contribution in [0.2, 0.25) is 0 Å². The molecule has 2 heterocycles. The third-order valence-electron chi connectivity index (χ3n) is 10.8. The summed E-state index contributed by atoms with van der Waals surface area (Å²) < 4.78 is 16.7. The van der Waals surface area contributed by atoms with Crippen molar-refractivity contribution in [3.05, 3.63) is 52.6 Å². The number of carboxylic acid groups (broad SMARTS) is 1. The molecule has 1 spiro atoms. The van der Waals surface area contributed by atoms with Gasteiger partial charge in [-0.15, -0.1) is 37.2 Å². The van der Waals surface area contributed by atoms with Gasteiger partial charge in [-0.1, -0.05) is 32.9 Å². The Morgan fingerprint density at radius 1 is 1.12 bits per heavy atom. The van der Waals surface area contributed by atoms with Crippen molar-refractivity contribution in [3.63, 3.8) is 0 Å². The lowest BCUT2D eigenvalue weighted by atomic mass is 9.75. The number of carboxylic acids is 1. The Balaban J connectivity index is 0.00000215. The van der Waals surface area contributed by atoms with Gasteiger partial charge in [0.15, 0.2) is 0 Å². The predicted molar refractivity (Wildman–Crippen MR) is 179 cm³/mol. The Kier molecular flexibility index (Phi) is 13.4. The second-order valence-corrected chi connectivity index (χ2v) is 13.1. The summed E-state index contributed by atoms with van der Waals surface area (Å²) in [4.78, 5) is 16.9. The molecule has 10 heteroatoms. The summed E-state index contributed by atoms with van der Waals surface area (Å²) in [5.74, 6) is -0.376. The first-order chi connectivity index (χ1) is 19.1. The highest BCUT2D eigenvalue weighted by Gasteiger charge is 2.48. The molecule has 1 aliphatic heterocycles. The maximum atomic E-state index is 14.4. The van der Waals surface area contributed by atoms with Crippen LogP contribution in [0.3, 0.4) is 0 Å². The van der Waals surface area contributed by atoms with E-state index in [0.29, 0.717) is 12.0 Å². The first kappa shape index (κ1) is 37.8. The van der Waals surface area contributed by atoms with Crippen molar-refractivity contribution in [2.24, 2.45) is 11.8 Å². The maximum Gasteiger partial charge on any atom is 0.321 e. The summed E-state index contributed by atoms with van der Waals surface area (Å²) in [7, 11) is 1.98. The van der Waals surface area contributed by atoms with Crippen molar-refractivity contribution in [2.75, 3.05) is 20.1 Å². The molecule has 0 bridgehead atoms. The van der Waals surface area contributed by atoms with Crippen molar-refractivity contribution < 1.29 is 14.3 Å². The summed E-state index contributed by atoms with van der Waals surface area (Å²) in [6.07, 6.45) is 7.53. The van der Waals surface area contributed by atoms with Gasteiger partial charge in [0, 0.05) is 29.7 Å². The fourth-order valence-corrected chi connectivity index (χ4v) is 8.70. The third kappa shape index (κ3) is 7.06. The standard InChI is InChI=1S/C33H49FN4O2.3ClH/c1-7-29-26-12-13-33(31(26)38(8-2)35-29)14-16-37(17-15-33)22(5)27-19-25(36(6)30(21(3)4)32(39)40)20-28(27)23-10-9-11-24(34)18-23;;;/h9-11,18,21-22,25,27-28,30H,7-8,12-17,19-20H2,1-6H3,(H,39,40);3*1H/t22-,25-,27-,28-,30-;;;/m1.../s1. The van der Waals surface area contributed by atoms with Crippen molar-refractivity contribution in [2.45, 2.75) is 116 Å². The normalized spacial score (nSPS) is 24.3. The molecule has 1 aromatic heterocycles. The van der Waals surface area contributed by atoms with Crippen LogP contribution >= 0.6 is 37.2 Å². The molecule has 5 atom stereocenters. The number of aromatic nitrogens is 2. The number of halogens is 4. The van der Waals surface area contributed by atoms with Gasteiger partial charge in [0.2, 0.25) is 0 Å². The van der Waals surface area contributed by atoms with Crippen LogP contribution in [0.5, 0.6) is 0 Å². The zero-order valence-electron chi connectivity index (χ0n) is 26.6. The Morgan fingerprint density at radius 2 is 1.79 bits per heavy atom. The lowest BCUT2D eigenvalue weighted by Gasteiger charge is -2.44. The minimum atomic E-state index is -0.758. The lowest BCUT2D eigenvalue weighted by molar-refractivity contribution is -0.145. The molecule has 1 N–H and O–H groups in total. The molecule has 6 nitrogen and oxygen atoms in total. The first-order valence-corrected chi connectivity index (χ1v) is 15.6. The van der Waals surface area contributed by atoms with E-state index in [1.54, 1.807) is 6.07 Å². The molecule has 244 valence electrons. The second kappa shape index (κ2) is 15.3. The quantitative estimate of drug-likeness (QED) is 0.310. The summed E-state index contributed by atoms with van der Waals surface area (Å²) in [5, 5.41) is 15.0. The minimum absolute atomic E-state index is 0. The van der Waals surface area contributed by atoms with E-state index in [-0.39, 0.29) is 66.3 Å². The topological polar surface area (TPSA) is 61.6 Å². The number of fused-ring (bicyclic) bond motifs is 2. The molecule has 1 saturated carbocycles. The number of hydrogen-bond donors (Lipinski definition) is 1. The smallest absolute Gasteiger partial charge is 0.321 e. The van der Waals surface area contributed by atoms with E-state index < -0.39 is 12.0 Å². The van der Waals surface area contributed by atoms with Crippen LogP contribution < -0.4 is 0 Å². The van der Waals surface area contributed by atoms with Crippen molar-refractivity contribution in [1.82, 2.24) is 19.6 Å². The summed E-state index contributed by atoms with van der Waals surface area (Å²) in [5.41, 5.74) is 5.64. The van der Waals surface area contributed by atoms with Crippen LogP contribution in [-0.4, -0.2) is 68.9 Å². The van der Waals surface area contributed by atoms with Crippen LogP contribution in [0, 0.1) is 17.7 Å². The Hall–Kier alpha value is -1.38. The van der Waals surface area contributed by atoms with Gasteiger partial charge in [-0.2, -0.15) is 5.10 Å². The molecule has 1 aromatic carbocycles. The zero-order chi connectivity index (χ0) is 28.8. The number of benzene rings is 1. The van der Waals surface area contributed by atoms with Crippen molar-refractivity contribution in [1.29, 1.82) is 0 Å². The molecule has 2 aliphatic carbocycles. The molecule has 1 saturated heterocycles. The zero-order valence-corrected chi connectivity index (χ0v) is 29.0. The molecule has 3 aliphatic rings. The Bertz CT molecular complexity index is 1220. The predicted octanol–water partition coefficient (Wildman–Crippen LogP) is 7.14. The van der Waals surface area contributed by atoms with E-state index in [0.717, 1.165) is 63.7 Å². The van der Waals surface area contributed by atoms with Crippen molar-refractivity contribution in [3.8, 4) is 0 Å². The van der Waals surface area contributed by atoms with E-state index in [4.69, 9.17) is 5.10 Å². The van der Waals surface area contributed by atoms with Gasteiger partial charge >= 0.3 is 5.97 Å². The SMILES string of the molecule is CCc1nn(CC)c2c1CCC21CCN([C@H](C)[C@H]2C[C@@H](N(C)[C@@H](C(=O)O)C(C)C)C[C@@H]2c2cccc(F)c2)CC1.Cl.Cl.Cl. The lowest BCUT2D eigenvalue weighted by Crippen LogP contribution is -2.49. The molecular weight excluding hydrogens is 610 g/mol. The van der Waals surface area contributed by atoms with Crippen LogP contribution in [0.15, 0.2) is 24.3 Å². The molecule has 5 rings (SSSR count). The number of aliphatic carboxylic acids is 1. The molecule has 2 fully saturated rings. The van der Waals surface area contributed by atoms with E-state index >= 15 is 0 Å². The van der Waals surface area contributed by atoms with E-state index in [1.165, 1.54) is 29.4 Å². The summed E-state index contributed by atoms with van der Waals surface area (Å²) in [6.45, 7) is 13.8. The fourth-order valence-electron chi connectivity index (χ4n) is 8.70. The second-order valence-electron chi connectivity index (χ2n) is 13.1. The fraction of sp³-hybridized carbons (Fsp3) is 0.697. The highest BCUT2D eigenvalue weighted by Crippen LogP contribution is 2.50. The average Bonchev–Trinajstić information content (AvgIpc) is 3.62. The van der Waals surface area contributed by atoms with Crippen LogP contribution in [-0.2, 0) is 29.6 Å². The molecule has 2 aromatic rings. The van der Waals surface area contributed by atoms with E-state index in [1.807, 2.05) is 27.0 Å². The number of rotatable bonds is 9. The van der Waals surface area contributed by atoms with Gasteiger partial charge in [0.05, 0.1) is 5.69 Å². The van der Waals surface area contributed by atoms with Gasteiger partial charge in [0.25, 0.3) is 0 Å².